The maximum Gasteiger partial charge on any atom is 0.266 e. The molecule has 0 saturated heterocycles. The molecule has 1 aromatic carbocycles. The van der Waals surface area contributed by atoms with Crippen LogP contribution in [0.1, 0.15) is 4.88 Å². The van der Waals surface area contributed by atoms with Gasteiger partial charge in [0.1, 0.15) is 16.5 Å². The van der Waals surface area contributed by atoms with Crippen molar-refractivity contribution in [2.75, 3.05) is 11.3 Å². The van der Waals surface area contributed by atoms with Crippen molar-refractivity contribution in [3.8, 4) is 11.8 Å². The molecule has 0 spiro atoms. The minimum atomic E-state index is -4.18. The van der Waals surface area contributed by atoms with Gasteiger partial charge in [-0.3, -0.25) is 4.72 Å². The summed E-state index contributed by atoms with van der Waals surface area (Å²) in [5.74, 6) is 3.25. The molecule has 0 radical (unpaired) electrons. The van der Waals surface area contributed by atoms with Gasteiger partial charge < -0.3 is 5.73 Å². The highest BCUT2D eigenvalue weighted by Crippen LogP contribution is 2.23. The van der Waals surface area contributed by atoms with E-state index in [1.165, 1.54) is 6.20 Å². The third-order valence-electron chi connectivity index (χ3n) is 2.22. The number of sulfonamides is 1. The summed E-state index contributed by atoms with van der Waals surface area (Å²) in [5.41, 5.74) is 5.22. The Bertz CT molecular complexity index is 823. The summed E-state index contributed by atoms with van der Waals surface area (Å²) in [6, 6.07) is 2.20. The quantitative estimate of drug-likeness (QED) is 0.837. The van der Waals surface area contributed by atoms with E-state index in [-0.39, 0.29) is 11.7 Å². The van der Waals surface area contributed by atoms with Crippen LogP contribution in [0, 0.1) is 23.5 Å². The summed E-state index contributed by atoms with van der Waals surface area (Å²) in [7, 11) is -4.18. The average Bonchev–Trinajstić information content (AvgIpc) is 2.82. The number of halogens is 2. The predicted molar refractivity (Wildman–Crippen MR) is 75.2 cm³/mol. The molecule has 0 amide bonds. The molecule has 0 saturated carbocycles. The molecule has 0 aliphatic rings. The molecule has 0 bridgehead atoms. The summed E-state index contributed by atoms with van der Waals surface area (Å²) in [6.07, 6.45) is 1.37. The minimum Gasteiger partial charge on any atom is -0.320 e. The van der Waals surface area contributed by atoms with Crippen LogP contribution in [0.25, 0.3) is 0 Å². The van der Waals surface area contributed by atoms with Gasteiger partial charge in [-0.25, -0.2) is 22.2 Å². The van der Waals surface area contributed by atoms with E-state index in [4.69, 9.17) is 5.73 Å². The second-order valence-electron chi connectivity index (χ2n) is 3.72. The van der Waals surface area contributed by atoms with Crippen molar-refractivity contribution in [2.24, 2.45) is 5.73 Å². The highest BCUT2D eigenvalue weighted by Gasteiger charge is 2.20. The van der Waals surface area contributed by atoms with Crippen LogP contribution in [0.5, 0.6) is 0 Å². The molecule has 0 aliphatic heterocycles. The van der Waals surface area contributed by atoms with Crippen LogP contribution in [-0.2, 0) is 10.0 Å². The van der Waals surface area contributed by atoms with Crippen LogP contribution in [-0.4, -0.2) is 19.9 Å². The van der Waals surface area contributed by atoms with Crippen LogP contribution < -0.4 is 10.5 Å². The van der Waals surface area contributed by atoms with Crippen molar-refractivity contribution in [1.29, 1.82) is 0 Å². The molecule has 5 nitrogen and oxygen atoms in total. The Labute approximate surface area is 123 Å². The molecule has 1 heterocycles. The molecule has 0 aliphatic carbocycles. The molecule has 0 unspecified atom stereocenters. The fraction of sp³-hybridized carbons (Fsp3) is 0.0833. The van der Waals surface area contributed by atoms with Crippen LogP contribution in [0.3, 0.4) is 0 Å². The maximum absolute atomic E-state index is 13.5. The van der Waals surface area contributed by atoms with E-state index in [9.17, 15) is 17.2 Å². The van der Waals surface area contributed by atoms with E-state index in [1.807, 2.05) is 0 Å². The maximum atomic E-state index is 13.5. The van der Waals surface area contributed by atoms with Crippen molar-refractivity contribution >= 4 is 26.5 Å². The van der Waals surface area contributed by atoms with Crippen molar-refractivity contribution < 1.29 is 17.2 Å². The SMILES string of the molecule is NCC#Cc1cnc(NS(=O)(=O)c2ccc(F)cc2F)s1. The lowest BCUT2D eigenvalue weighted by molar-refractivity contribution is 0.551. The van der Waals surface area contributed by atoms with Crippen molar-refractivity contribution in [2.45, 2.75) is 4.90 Å². The van der Waals surface area contributed by atoms with E-state index >= 15 is 0 Å². The molecular weight excluding hydrogens is 320 g/mol. The first-order valence-electron chi connectivity index (χ1n) is 5.55. The number of nitrogens with two attached hydrogens (primary N) is 1. The molecule has 0 atom stereocenters. The summed E-state index contributed by atoms with van der Waals surface area (Å²) in [4.78, 5) is 3.67. The normalized spacial score (nSPS) is 10.8. The molecule has 110 valence electrons. The Morgan fingerprint density at radius 2 is 2.14 bits per heavy atom. The van der Waals surface area contributed by atoms with Gasteiger partial charge >= 0.3 is 0 Å². The van der Waals surface area contributed by atoms with E-state index in [2.05, 4.69) is 21.5 Å². The number of hydrogen-bond donors (Lipinski definition) is 2. The summed E-state index contributed by atoms with van der Waals surface area (Å²) >= 11 is 0.976. The number of hydrogen-bond acceptors (Lipinski definition) is 5. The fourth-order valence-electron chi connectivity index (χ4n) is 1.38. The Morgan fingerprint density at radius 3 is 2.81 bits per heavy atom. The number of anilines is 1. The van der Waals surface area contributed by atoms with Gasteiger partial charge in [-0.1, -0.05) is 23.2 Å². The third-order valence-corrected chi connectivity index (χ3v) is 4.55. The molecular formula is C12H9F2N3O2S2. The van der Waals surface area contributed by atoms with Gasteiger partial charge in [0.25, 0.3) is 10.0 Å². The molecule has 2 aromatic rings. The summed E-state index contributed by atoms with van der Waals surface area (Å²) in [6.45, 7) is 0.166. The van der Waals surface area contributed by atoms with E-state index in [0.29, 0.717) is 10.9 Å². The number of rotatable bonds is 3. The monoisotopic (exact) mass is 329 g/mol. The van der Waals surface area contributed by atoms with Crippen LogP contribution in [0.2, 0.25) is 0 Å². The summed E-state index contributed by atoms with van der Waals surface area (Å²) < 4.78 is 52.4. The zero-order valence-electron chi connectivity index (χ0n) is 10.4. The molecule has 0 fully saturated rings. The molecule has 21 heavy (non-hydrogen) atoms. The Balaban J connectivity index is 2.27. The topological polar surface area (TPSA) is 85.1 Å². The second kappa shape index (κ2) is 6.17. The summed E-state index contributed by atoms with van der Waals surface area (Å²) in [5, 5.41) is 0.0278. The molecule has 2 rings (SSSR count). The van der Waals surface area contributed by atoms with Gasteiger partial charge in [0.2, 0.25) is 0 Å². The van der Waals surface area contributed by atoms with Gasteiger partial charge in [-0.05, 0) is 12.1 Å². The van der Waals surface area contributed by atoms with E-state index in [1.54, 1.807) is 0 Å². The highest BCUT2D eigenvalue weighted by atomic mass is 32.2. The number of aromatic nitrogens is 1. The Kier molecular flexibility index (Phi) is 4.52. The largest absolute Gasteiger partial charge is 0.320 e. The average molecular weight is 329 g/mol. The Morgan fingerprint density at radius 1 is 1.38 bits per heavy atom. The smallest absolute Gasteiger partial charge is 0.266 e. The van der Waals surface area contributed by atoms with Gasteiger partial charge in [-0.2, -0.15) is 0 Å². The lowest BCUT2D eigenvalue weighted by Crippen LogP contribution is -2.14. The first-order chi connectivity index (χ1) is 9.92. The number of thiazole rings is 1. The van der Waals surface area contributed by atoms with Crippen molar-refractivity contribution in [1.82, 2.24) is 4.98 Å². The minimum absolute atomic E-state index is 0.0278. The lowest BCUT2D eigenvalue weighted by Gasteiger charge is -2.05. The van der Waals surface area contributed by atoms with E-state index < -0.39 is 26.6 Å². The molecule has 9 heteroatoms. The van der Waals surface area contributed by atoms with E-state index in [0.717, 1.165) is 23.5 Å². The van der Waals surface area contributed by atoms with Gasteiger partial charge in [-0.15, -0.1) is 0 Å². The van der Waals surface area contributed by atoms with Crippen molar-refractivity contribution in [3.63, 3.8) is 0 Å². The third kappa shape index (κ3) is 3.75. The van der Waals surface area contributed by atoms with Crippen LogP contribution in [0.15, 0.2) is 29.3 Å². The number of benzene rings is 1. The zero-order chi connectivity index (χ0) is 15.5. The molecule has 3 N–H and O–H groups in total. The Hall–Kier alpha value is -2.02. The van der Waals surface area contributed by atoms with Crippen molar-refractivity contribution in [3.05, 3.63) is 40.9 Å². The van der Waals surface area contributed by atoms with Gasteiger partial charge in [0.15, 0.2) is 5.13 Å². The standard InChI is InChI=1S/C12H9F2N3O2S2/c13-8-3-4-11(10(14)6-8)21(18,19)17-12-16-7-9(20-12)2-1-5-15/h3-4,6-7H,5,15H2,(H,16,17). The highest BCUT2D eigenvalue weighted by molar-refractivity contribution is 7.93. The predicted octanol–water partition coefficient (Wildman–Crippen LogP) is 1.53. The van der Waals surface area contributed by atoms with Gasteiger partial charge in [0.05, 0.1) is 17.6 Å². The lowest BCUT2D eigenvalue weighted by atomic mass is 10.3. The zero-order valence-corrected chi connectivity index (χ0v) is 12.1. The second-order valence-corrected chi connectivity index (χ2v) is 6.40. The van der Waals surface area contributed by atoms with Gasteiger partial charge in [0, 0.05) is 6.07 Å². The molecule has 1 aromatic heterocycles. The van der Waals surface area contributed by atoms with Crippen LogP contribution >= 0.6 is 11.3 Å². The first-order valence-corrected chi connectivity index (χ1v) is 7.85. The number of nitrogens with one attached hydrogen (secondary N) is 1. The fourth-order valence-corrected chi connectivity index (χ4v) is 3.37. The first kappa shape index (κ1) is 15.4. The number of nitrogens with zero attached hydrogens (tertiary/aromatic N) is 1. The van der Waals surface area contributed by atoms with Crippen LogP contribution in [0.4, 0.5) is 13.9 Å².